The van der Waals surface area contributed by atoms with E-state index in [9.17, 15) is 23.1 Å². The van der Waals surface area contributed by atoms with Gasteiger partial charge in [-0.2, -0.15) is 0 Å². The number of carboxylic acids is 1. The van der Waals surface area contributed by atoms with Crippen LogP contribution in [-0.4, -0.2) is 28.0 Å². The maximum Gasteiger partial charge on any atom is 0.353 e. The van der Waals surface area contributed by atoms with Gasteiger partial charge in [0.2, 0.25) is 10.0 Å². The molecular formula is C16H13BrN2O5S. The molecule has 0 aliphatic rings. The molecule has 0 bridgehead atoms. The van der Waals surface area contributed by atoms with E-state index in [1.165, 1.54) is 23.9 Å². The molecule has 0 unspecified atom stereocenters. The number of halogens is 1. The van der Waals surface area contributed by atoms with Crippen LogP contribution in [0.3, 0.4) is 0 Å². The Balaban J connectivity index is 2.36. The molecule has 25 heavy (non-hydrogen) atoms. The Morgan fingerprint density at radius 3 is 2.48 bits per heavy atom. The van der Waals surface area contributed by atoms with Crippen LogP contribution in [0.2, 0.25) is 0 Å². The van der Waals surface area contributed by atoms with E-state index < -0.39 is 33.0 Å². The zero-order valence-corrected chi connectivity index (χ0v) is 15.4. The summed E-state index contributed by atoms with van der Waals surface area (Å²) in [4.78, 5) is 24.1. The van der Waals surface area contributed by atoms with Gasteiger partial charge in [-0.25, -0.2) is 17.2 Å². The molecule has 1 aromatic carbocycles. The van der Waals surface area contributed by atoms with Gasteiger partial charge in [0, 0.05) is 23.1 Å². The third kappa shape index (κ3) is 3.00. The van der Waals surface area contributed by atoms with Crippen molar-refractivity contribution >= 4 is 42.8 Å². The molecular weight excluding hydrogens is 412 g/mol. The van der Waals surface area contributed by atoms with Gasteiger partial charge < -0.3 is 9.67 Å². The average molecular weight is 425 g/mol. The molecule has 0 aliphatic heterocycles. The van der Waals surface area contributed by atoms with E-state index in [2.05, 4.69) is 15.9 Å². The smallest absolute Gasteiger partial charge is 0.353 e. The van der Waals surface area contributed by atoms with E-state index in [0.717, 1.165) is 0 Å². The molecule has 2 aromatic heterocycles. The topological polar surface area (TPSA) is 98.4 Å². The van der Waals surface area contributed by atoms with Gasteiger partial charge in [-0.3, -0.25) is 4.79 Å². The molecule has 0 saturated carbocycles. The van der Waals surface area contributed by atoms with Crippen molar-refractivity contribution in [1.29, 1.82) is 0 Å². The second-order valence-corrected chi connectivity index (χ2v) is 8.17. The SMILES string of the molecule is Cn1cc(Br)c2cc(C(=O)O)n(S(=O)(=O)Cc3ccccc3)c2c1=O. The monoisotopic (exact) mass is 424 g/mol. The lowest BCUT2D eigenvalue weighted by Crippen LogP contribution is -2.25. The van der Waals surface area contributed by atoms with Gasteiger partial charge in [0.05, 0.1) is 5.75 Å². The number of aryl methyl sites for hydroxylation is 1. The average Bonchev–Trinajstić information content (AvgIpc) is 2.96. The zero-order valence-electron chi connectivity index (χ0n) is 13.0. The number of aromatic nitrogens is 2. The van der Waals surface area contributed by atoms with Crippen LogP contribution in [0, 0.1) is 0 Å². The fourth-order valence-corrected chi connectivity index (χ4v) is 4.87. The number of fused-ring (bicyclic) bond motifs is 1. The highest BCUT2D eigenvalue weighted by atomic mass is 79.9. The predicted molar refractivity (Wildman–Crippen MR) is 96.3 cm³/mol. The van der Waals surface area contributed by atoms with Gasteiger partial charge >= 0.3 is 5.97 Å². The van der Waals surface area contributed by atoms with E-state index in [1.54, 1.807) is 30.3 Å². The number of carbonyl (C=O) groups is 1. The Hall–Kier alpha value is -2.39. The summed E-state index contributed by atoms with van der Waals surface area (Å²) in [6.07, 6.45) is 1.46. The van der Waals surface area contributed by atoms with E-state index in [0.29, 0.717) is 14.0 Å². The highest BCUT2D eigenvalue weighted by molar-refractivity contribution is 9.10. The summed E-state index contributed by atoms with van der Waals surface area (Å²) >= 11 is 3.25. The van der Waals surface area contributed by atoms with Crippen molar-refractivity contribution in [1.82, 2.24) is 8.54 Å². The minimum Gasteiger partial charge on any atom is -0.477 e. The molecule has 0 aliphatic carbocycles. The van der Waals surface area contributed by atoms with Crippen molar-refractivity contribution in [2.75, 3.05) is 0 Å². The zero-order chi connectivity index (χ0) is 18.4. The highest BCUT2D eigenvalue weighted by Gasteiger charge is 2.28. The maximum absolute atomic E-state index is 12.9. The van der Waals surface area contributed by atoms with Crippen molar-refractivity contribution in [2.45, 2.75) is 5.75 Å². The van der Waals surface area contributed by atoms with Gasteiger partial charge in [-0.05, 0) is 27.6 Å². The molecule has 0 amide bonds. The Morgan fingerprint density at radius 1 is 1.24 bits per heavy atom. The largest absolute Gasteiger partial charge is 0.477 e. The highest BCUT2D eigenvalue weighted by Crippen LogP contribution is 2.27. The van der Waals surface area contributed by atoms with Gasteiger partial charge in [0.1, 0.15) is 11.2 Å². The van der Waals surface area contributed by atoms with Crippen LogP contribution >= 0.6 is 15.9 Å². The lowest BCUT2D eigenvalue weighted by atomic mass is 10.2. The summed E-state index contributed by atoms with van der Waals surface area (Å²) in [5.74, 6) is -1.85. The van der Waals surface area contributed by atoms with E-state index >= 15 is 0 Å². The Labute approximate surface area is 151 Å². The third-order valence-electron chi connectivity index (χ3n) is 3.73. The van der Waals surface area contributed by atoms with E-state index in [-0.39, 0.29) is 10.9 Å². The number of pyridine rings is 1. The number of hydrogen-bond donors (Lipinski definition) is 1. The van der Waals surface area contributed by atoms with Crippen molar-refractivity contribution in [3.63, 3.8) is 0 Å². The Kier molecular flexibility index (Phi) is 4.29. The summed E-state index contributed by atoms with van der Waals surface area (Å²) in [6, 6.07) is 9.55. The minimum absolute atomic E-state index is 0.190. The molecule has 0 atom stereocenters. The van der Waals surface area contributed by atoms with Crippen molar-refractivity contribution < 1.29 is 18.3 Å². The van der Waals surface area contributed by atoms with Crippen LogP contribution in [0.15, 0.2) is 51.9 Å². The lowest BCUT2D eigenvalue weighted by Gasteiger charge is -2.10. The summed E-state index contributed by atoms with van der Waals surface area (Å²) in [7, 11) is -2.66. The standard InChI is InChI=1S/C16H13BrN2O5S/c1-18-8-12(17)11-7-13(16(21)22)19(14(11)15(18)20)25(23,24)9-10-5-3-2-4-6-10/h2-8H,9H2,1H3,(H,21,22). The molecule has 3 rings (SSSR count). The molecule has 2 heterocycles. The summed E-state index contributed by atoms with van der Waals surface area (Å²) in [6.45, 7) is 0. The molecule has 1 N–H and O–H groups in total. The normalized spacial score (nSPS) is 11.8. The second-order valence-electron chi connectivity index (χ2n) is 5.50. The quantitative estimate of drug-likeness (QED) is 0.691. The first-order valence-corrected chi connectivity index (χ1v) is 9.53. The van der Waals surface area contributed by atoms with Crippen molar-refractivity contribution in [3.05, 3.63) is 68.7 Å². The van der Waals surface area contributed by atoms with Crippen LogP contribution in [0.1, 0.15) is 16.1 Å². The number of nitrogens with zero attached hydrogens (tertiary/aromatic N) is 2. The molecule has 0 fully saturated rings. The number of benzene rings is 1. The second kappa shape index (κ2) is 6.16. The fourth-order valence-electron chi connectivity index (χ4n) is 2.63. The van der Waals surface area contributed by atoms with E-state index in [4.69, 9.17) is 0 Å². The van der Waals surface area contributed by atoms with Crippen LogP contribution < -0.4 is 5.56 Å². The first-order valence-electron chi connectivity index (χ1n) is 7.13. The van der Waals surface area contributed by atoms with Crippen molar-refractivity contribution in [3.8, 4) is 0 Å². The van der Waals surface area contributed by atoms with Crippen LogP contribution in [0.5, 0.6) is 0 Å². The molecule has 7 nitrogen and oxygen atoms in total. The molecule has 0 spiro atoms. The summed E-state index contributed by atoms with van der Waals surface area (Å²) in [5, 5.41) is 9.67. The van der Waals surface area contributed by atoms with Crippen LogP contribution in [0.25, 0.3) is 10.9 Å². The minimum atomic E-state index is -4.13. The summed E-state index contributed by atoms with van der Waals surface area (Å²) < 4.78 is 28.1. The number of carboxylic acid groups (broad SMARTS) is 1. The van der Waals surface area contributed by atoms with Gasteiger partial charge in [-0.1, -0.05) is 30.3 Å². The Morgan fingerprint density at radius 2 is 1.88 bits per heavy atom. The van der Waals surface area contributed by atoms with Crippen molar-refractivity contribution in [2.24, 2.45) is 7.05 Å². The molecule has 9 heteroatoms. The van der Waals surface area contributed by atoms with E-state index in [1.807, 2.05) is 0 Å². The molecule has 0 saturated heterocycles. The van der Waals surface area contributed by atoms with Gasteiger partial charge in [0.15, 0.2) is 0 Å². The maximum atomic E-state index is 12.9. The Bertz CT molecular complexity index is 1150. The fraction of sp³-hybridized carbons (Fsp3) is 0.125. The van der Waals surface area contributed by atoms with Crippen LogP contribution in [0.4, 0.5) is 0 Å². The van der Waals surface area contributed by atoms with Gasteiger partial charge in [-0.15, -0.1) is 0 Å². The number of aromatic carboxylic acids is 1. The third-order valence-corrected chi connectivity index (χ3v) is 6.00. The molecule has 0 radical (unpaired) electrons. The number of hydrogen-bond acceptors (Lipinski definition) is 4. The first-order chi connectivity index (χ1) is 11.7. The predicted octanol–water partition coefficient (Wildman–Crippen LogP) is 2.18. The molecule has 3 aromatic rings. The first kappa shape index (κ1) is 17.4. The number of rotatable bonds is 4. The summed E-state index contributed by atoms with van der Waals surface area (Å²) in [5.41, 5.74) is -0.769. The van der Waals surface area contributed by atoms with Gasteiger partial charge in [0.25, 0.3) is 5.56 Å². The lowest BCUT2D eigenvalue weighted by molar-refractivity contribution is 0.0689. The van der Waals surface area contributed by atoms with Crippen LogP contribution in [-0.2, 0) is 22.8 Å². The molecule has 130 valence electrons.